The Morgan fingerprint density at radius 1 is 1.06 bits per heavy atom. The maximum atomic E-state index is 7.74. The normalized spacial score (nSPS) is 17.1. The topological polar surface area (TPSA) is 85.3 Å². The first-order valence-electron chi connectivity index (χ1n) is 12.1. The van der Waals surface area contributed by atoms with Crippen LogP contribution in [0.25, 0.3) is 11.1 Å². The molecule has 7 heteroatoms. The van der Waals surface area contributed by atoms with Gasteiger partial charge in [-0.2, -0.15) is 17.0 Å². The number of benzene rings is 2. The molecule has 3 atom stereocenters. The summed E-state index contributed by atoms with van der Waals surface area (Å²) in [4.78, 5) is 2.33. The Balaban J connectivity index is 0.000000583. The Labute approximate surface area is 225 Å². The molecule has 0 amide bonds. The van der Waals surface area contributed by atoms with Gasteiger partial charge in [0.05, 0.1) is 6.07 Å². The predicted molar refractivity (Wildman–Crippen MR) is 156 cm³/mol. The zero-order valence-electron chi connectivity index (χ0n) is 21.6. The molecule has 2 aromatic carbocycles. The number of nitrogens with one attached hydrogen (secondary N) is 1. The van der Waals surface area contributed by atoms with Crippen molar-refractivity contribution in [2.45, 2.75) is 48.9 Å². The SMILES string of the molecule is CO.CSC(C)C1NC=CN1C(C#Cc1ccc(-c2ccc(C3CC3)cc2)cc1)SC.N#CCCN. The highest BCUT2D eigenvalue weighted by Crippen LogP contribution is 2.40. The average molecular weight is 523 g/mol. The Kier molecular flexibility index (Phi) is 13.4. The number of nitrogens with two attached hydrogens (primary N) is 1. The van der Waals surface area contributed by atoms with Gasteiger partial charge >= 0.3 is 0 Å². The first-order chi connectivity index (χ1) is 17.6. The second kappa shape index (κ2) is 16.2. The van der Waals surface area contributed by atoms with Gasteiger partial charge in [0.25, 0.3) is 0 Å². The summed E-state index contributed by atoms with van der Waals surface area (Å²) in [5.41, 5.74) is 9.99. The van der Waals surface area contributed by atoms with E-state index in [4.69, 9.17) is 16.1 Å². The van der Waals surface area contributed by atoms with Gasteiger partial charge in [-0.1, -0.05) is 48.2 Å². The quantitative estimate of drug-likeness (QED) is 0.431. The number of hydrogen-bond donors (Lipinski definition) is 3. The van der Waals surface area contributed by atoms with Crippen LogP contribution in [0.4, 0.5) is 0 Å². The summed E-state index contributed by atoms with van der Waals surface area (Å²) in [7, 11) is 1.00. The molecular formula is C29H38N4OS2. The van der Waals surface area contributed by atoms with Crippen molar-refractivity contribution in [3.05, 3.63) is 72.1 Å². The van der Waals surface area contributed by atoms with Crippen LogP contribution < -0.4 is 11.1 Å². The number of aliphatic hydroxyl groups excluding tert-OH is 1. The lowest BCUT2D eigenvalue weighted by Gasteiger charge is -2.32. The van der Waals surface area contributed by atoms with Gasteiger partial charge in [0, 0.05) is 43.3 Å². The molecule has 1 saturated carbocycles. The molecule has 0 aromatic heterocycles. The maximum absolute atomic E-state index is 7.74. The molecule has 2 aliphatic rings. The van der Waals surface area contributed by atoms with E-state index in [1.807, 2.05) is 24.0 Å². The summed E-state index contributed by atoms with van der Waals surface area (Å²) in [5.74, 6) is 7.65. The number of nitriles is 1. The fourth-order valence-electron chi connectivity index (χ4n) is 3.71. The van der Waals surface area contributed by atoms with Crippen LogP contribution in [0.2, 0.25) is 0 Å². The Morgan fingerprint density at radius 2 is 1.67 bits per heavy atom. The van der Waals surface area contributed by atoms with E-state index >= 15 is 0 Å². The van der Waals surface area contributed by atoms with Gasteiger partial charge in [0.1, 0.15) is 11.5 Å². The molecule has 1 heterocycles. The molecule has 2 aromatic rings. The summed E-state index contributed by atoms with van der Waals surface area (Å²) < 4.78 is 0. The third-order valence-corrected chi connectivity index (χ3v) is 7.73. The zero-order valence-corrected chi connectivity index (χ0v) is 23.3. The molecular weight excluding hydrogens is 484 g/mol. The van der Waals surface area contributed by atoms with Crippen LogP contribution in [0.3, 0.4) is 0 Å². The minimum atomic E-state index is 0.135. The van der Waals surface area contributed by atoms with Crippen LogP contribution in [0.5, 0.6) is 0 Å². The van der Waals surface area contributed by atoms with E-state index in [9.17, 15) is 0 Å². The summed E-state index contributed by atoms with van der Waals surface area (Å²) in [6.07, 6.45) is 11.9. The largest absolute Gasteiger partial charge is 0.400 e. The van der Waals surface area contributed by atoms with Gasteiger partial charge in [0.2, 0.25) is 0 Å². The number of thioether (sulfide) groups is 2. The number of nitrogens with zero attached hydrogens (tertiary/aromatic N) is 2. The van der Waals surface area contributed by atoms with E-state index < -0.39 is 0 Å². The highest BCUT2D eigenvalue weighted by Gasteiger charge is 2.28. The first-order valence-corrected chi connectivity index (χ1v) is 14.7. The second-order valence-corrected chi connectivity index (χ2v) is 10.5. The van der Waals surface area contributed by atoms with Crippen molar-refractivity contribution in [3.63, 3.8) is 0 Å². The van der Waals surface area contributed by atoms with Crippen LogP contribution in [0.1, 0.15) is 43.2 Å². The molecule has 36 heavy (non-hydrogen) atoms. The van der Waals surface area contributed by atoms with Crippen molar-refractivity contribution in [2.24, 2.45) is 5.73 Å². The lowest BCUT2D eigenvalue weighted by atomic mass is 10.0. The van der Waals surface area contributed by atoms with Gasteiger partial charge < -0.3 is 21.1 Å². The molecule has 0 spiro atoms. The van der Waals surface area contributed by atoms with E-state index in [-0.39, 0.29) is 11.5 Å². The number of aliphatic hydroxyl groups is 1. The van der Waals surface area contributed by atoms with Crippen LogP contribution in [0.15, 0.2) is 60.9 Å². The Bertz CT molecular complexity index is 1030. The van der Waals surface area contributed by atoms with Crippen molar-refractivity contribution in [1.29, 1.82) is 5.26 Å². The van der Waals surface area contributed by atoms with Crippen molar-refractivity contribution in [1.82, 2.24) is 10.2 Å². The third kappa shape index (κ3) is 8.84. The first kappa shape index (κ1) is 29.7. The monoisotopic (exact) mass is 522 g/mol. The summed E-state index contributed by atoms with van der Waals surface area (Å²) in [6, 6.07) is 19.6. The number of hydrogen-bond acceptors (Lipinski definition) is 7. The Hall–Kier alpha value is -2.55. The van der Waals surface area contributed by atoms with Gasteiger partial charge in [0.15, 0.2) is 0 Å². The number of rotatable bonds is 7. The van der Waals surface area contributed by atoms with Gasteiger partial charge in [-0.15, -0.1) is 11.8 Å². The zero-order chi connectivity index (χ0) is 26.3. The molecule has 0 radical (unpaired) electrons. The molecule has 0 bridgehead atoms. The molecule has 1 aliphatic heterocycles. The van der Waals surface area contributed by atoms with E-state index in [1.165, 1.54) is 29.5 Å². The molecule has 3 unspecified atom stereocenters. The van der Waals surface area contributed by atoms with Gasteiger partial charge in [-0.3, -0.25) is 0 Å². The van der Waals surface area contributed by atoms with Crippen LogP contribution in [0, 0.1) is 23.2 Å². The Morgan fingerprint density at radius 3 is 2.14 bits per heavy atom. The minimum absolute atomic E-state index is 0.135. The third-order valence-electron chi connectivity index (χ3n) is 5.92. The van der Waals surface area contributed by atoms with Crippen molar-refractivity contribution < 1.29 is 5.11 Å². The van der Waals surface area contributed by atoms with Crippen molar-refractivity contribution in [3.8, 4) is 29.0 Å². The maximum Gasteiger partial charge on any atom is 0.139 e. The predicted octanol–water partition coefficient (Wildman–Crippen LogP) is 5.19. The van der Waals surface area contributed by atoms with Gasteiger partial charge in [-0.05, 0) is 67.0 Å². The van der Waals surface area contributed by atoms with Crippen LogP contribution in [-0.2, 0) is 0 Å². The molecule has 4 N–H and O–H groups in total. The fourth-order valence-corrected chi connectivity index (χ4v) is 4.81. The standard InChI is InChI=1S/C25H28N2S2.C3H6N2.CH4O/c1-18(28-2)25-26-16-17-27(25)24(29-3)15-6-19-4-7-20(8-5-19)21-9-11-22(12-10-21)23-13-14-23;4-2-1-3-5;1-2/h4-5,7-12,16-18,23-26H,13-14H2,1-3H3;1-2,4H2;2H,1H3. The van der Waals surface area contributed by atoms with Crippen LogP contribution in [-0.4, -0.2) is 53.0 Å². The van der Waals surface area contributed by atoms with E-state index in [2.05, 4.69) is 96.2 Å². The highest BCUT2D eigenvalue weighted by molar-refractivity contribution is 7.99. The fraction of sp³-hybridized carbons (Fsp3) is 0.414. The molecule has 5 nitrogen and oxygen atoms in total. The van der Waals surface area contributed by atoms with E-state index in [0.29, 0.717) is 18.2 Å². The minimum Gasteiger partial charge on any atom is -0.400 e. The van der Waals surface area contributed by atoms with E-state index in [1.54, 1.807) is 11.8 Å². The van der Waals surface area contributed by atoms with Gasteiger partial charge in [-0.25, -0.2) is 0 Å². The van der Waals surface area contributed by atoms with Crippen LogP contribution >= 0.6 is 23.5 Å². The molecule has 192 valence electrons. The molecule has 1 aliphatic carbocycles. The molecule has 4 rings (SSSR count). The highest BCUT2D eigenvalue weighted by atomic mass is 32.2. The lowest BCUT2D eigenvalue weighted by molar-refractivity contribution is 0.290. The molecule has 1 fully saturated rings. The van der Waals surface area contributed by atoms with Crippen molar-refractivity contribution in [2.75, 3.05) is 26.2 Å². The second-order valence-electron chi connectivity index (χ2n) is 8.34. The van der Waals surface area contributed by atoms with Crippen molar-refractivity contribution >= 4 is 23.5 Å². The lowest BCUT2D eigenvalue weighted by Crippen LogP contribution is -2.45. The smallest absolute Gasteiger partial charge is 0.139 e. The molecule has 0 saturated heterocycles. The summed E-state index contributed by atoms with van der Waals surface area (Å²) in [5, 5.41) is 18.8. The average Bonchev–Trinajstić information content (AvgIpc) is 3.68. The summed E-state index contributed by atoms with van der Waals surface area (Å²) in [6.45, 7) is 2.74. The summed E-state index contributed by atoms with van der Waals surface area (Å²) >= 11 is 3.65. The van der Waals surface area contributed by atoms with E-state index in [0.717, 1.165) is 18.6 Å².